The summed E-state index contributed by atoms with van der Waals surface area (Å²) in [4.78, 5) is 19.5. The molecule has 0 saturated carbocycles. The highest BCUT2D eigenvalue weighted by Gasteiger charge is 2.16. The second-order valence-electron chi connectivity index (χ2n) is 5.23. The molecule has 3 aromatic rings. The second kappa shape index (κ2) is 6.37. The summed E-state index contributed by atoms with van der Waals surface area (Å²) in [6.45, 7) is 0. The average molecular weight is 333 g/mol. The van der Waals surface area contributed by atoms with E-state index >= 15 is 0 Å². The van der Waals surface area contributed by atoms with Gasteiger partial charge in [0.2, 0.25) is 0 Å². The van der Waals surface area contributed by atoms with Gasteiger partial charge < -0.3 is 11.5 Å². The van der Waals surface area contributed by atoms with Crippen molar-refractivity contribution in [3.63, 3.8) is 0 Å². The molecule has 1 heterocycles. The predicted octanol–water partition coefficient (Wildman–Crippen LogP) is 2.33. The van der Waals surface area contributed by atoms with E-state index in [1.165, 1.54) is 30.6 Å². The van der Waals surface area contributed by atoms with Gasteiger partial charge in [0.25, 0.3) is 5.91 Å². The van der Waals surface area contributed by atoms with Gasteiger partial charge in [-0.2, -0.15) is 10.3 Å². The number of amides is 1. The van der Waals surface area contributed by atoms with E-state index in [0.717, 1.165) is 0 Å². The van der Waals surface area contributed by atoms with Gasteiger partial charge in [0.1, 0.15) is 5.82 Å². The Kier molecular flexibility index (Phi) is 4.10. The standard InChI is InChI=1S/C18H12FN5O/c19-15-8-12(9-20)13-2-1-11(17(25)24-18(21)22)7-14(13)16(15)10-3-5-23-6-4-10/h1-8H,(H4,21,22,24,25). The number of halogens is 1. The summed E-state index contributed by atoms with van der Waals surface area (Å²) in [6, 6.07) is 11.0. The maximum absolute atomic E-state index is 14.7. The Labute approximate surface area is 142 Å². The maximum Gasteiger partial charge on any atom is 0.280 e. The molecule has 3 rings (SSSR count). The van der Waals surface area contributed by atoms with Gasteiger partial charge in [-0.1, -0.05) is 6.07 Å². The Morgan fingerprint density at radius 3 is 2.48 bits per heavy atom. The third-order valence-electron chi connectivity index (χ3n) is 3.66. The normalized spacial score (nSPS) is 10.2. The van der Waals surface area contributed by atoms with Crippen LogP contribution in [0.25, 0.3) is 21.9 Å². The lowest BCUT2D eigenvalue weighted by atomic mass is 9.93. The lowest BCUT2D eigenvalue weighted by Gasteiger charge is -2.11. The minimum absolute atomic E-state index is 0.172. The molecule has 25 heavy (non-hydrogen) atoms. The molecule has 0 unspecified atom stereocenters. The topological polar surface area (TPSA) is 118 Å². The van der Waals surface area contributed by atoms with Gasteiger partial charge in [0.05, 0.1) is 11.6 Å². The van der Waals surface area contributed by atoms with Crippen molar-refractivity contribution in [2.45, 2.75) is 0 Å². The highest BCUT2D eigenvalue weighted by molar-refractivity contribution is 6.07. The van der Waals surface area contributed by atoms with Crippen LogP contribution in [-0.4, -0.2) is 16.9 Å². The minimum atomic E-state index is -0.648. The van der Waals surface area contributed by atoms with E-state index in [-0.39, 0.29) is 22.6 Å². The van der Waals surface area contributed by atoms with Gasteiger partial charge in [0.15, 0.2) is 5.96 Å². The van der Waals surface area contributed by atoms with Gasteiger partial charge >= 0.3 is 0 Å². The van der Waals surface area contributed by atoms with E-state index in [1.807, 2.05) is 6.07 Å². The van der Waals surface area contributed by atoms with E-state index in [4.69, 9.17) is 11.5 Å². The molecule has 0 saturated heterocycles. The van der Waals surface area contributed by atoms with Crippen molar-refractivity contribution in [3.8, 4) is 17.2 Å². The number of aliphatic imine (C=N–C) groups is 1. The van der Waals surface area contributed by atoms with Crippen molar-refractivity contribution in [1.29, 1.82) is 5.26 Å². The number of guanidine groups is 1. The van der Waals surface area contributed by atoms with E-state index in [2.05, 4.69) is 9.98 Å². The van der Waals surface area contributed by atoms with Crippen LogP contribution >= 0.6 is 0 Å². The number of rotatable bonds is 2. The highest BCUT2D eigenvalue weighted by Crippen LogP contribution is 2.34. The minimum Gasteiger partial charge on any atom is -0.370 e. The van der Waals surface area contributed by atoms with E-state index in [1.54, 1.807) is 18.2 Å². The van der Waals surface area contributed by atoms with Crippen LogP contribution in [-0.2, 0) is 0 Å². The third kappa shape index (κ3) is 3.01. The lowest BCUT2D eigenvalue weighted by molar-refractivity contribution is 0.100. The first-order valence-corrected chi connectivity index (χ1v) is 7.22. The number of benzene rings is 2. The first kappa shape index (κ1) is 16.1. The molecular formula is C18H12FN5O. The van der Waals surface area contributed by atoms with Gasteiger partial charge in [-0.25, -0.2) is 4.39 Å². The van der Waals surface area contributed by atoms with Gasteiger partial charge in [-0.3, -0.25) is 9.78 Å². The largest absolute Gasteiger partial charge is 0.370 e. The molecule has 1 aromatic heterocycles. The Bertz CT molecular complexity index is 1050. The first-order valence-electron chi connectivity index (χ1n) is 7.22. The lowest BCUT2D eigenvalue weighted by Crippen LogP contribution is -2.24. The number of nitrogens with two attached hydrogens (primary N) is 2. The van der Waals surface area contributed by atoms with Gasteiger partial charge in [-0.15, -0.1) is 0 Å². The number of fused-ring (bicyclic) bond motifs is 1. The van der Waals surface area contributed by atoms with Gasteiger partial charge in [0, 0.05) is 28.9 Å². The van der Waals surface area contributed by atoms with Crippen LogP contribution < -0.4 is 11.5 Å². The Morgan fingerprint density at radius 1 is 1.12 bits per heavy atom. The van der Waals surface area contributed by atoms with Crippen molar-refractivity contribution in [2.24, 2.45) is 16.5 Å². The fourth-order valence-corrected chi connectivity index (χ4v) is 2.61. The number of nitriles is 1. The quantitative estimate of drug-likeness (QED) is 0.551. The van der Waals surface area contributed by atoms with Crippen LogP contribution in [0.3, 0.4) is 0 Å². The highest BCUT2D eigenvalue weighted by atomic mass is 19.1. The number of hydrogen-bond donors (Lipinski definition) is 2. The van der Waals surface area contributed by atoms with E-state index in [9.17, 15) is 14.4 Å². The molecule has 0 radical (unpaired) electrons. The fourth-order valence-electron chi connectivity index (χ4n) is 2.61. The number of hydrogen-bond acceptors (Lipinski definition) is 3. The molecule has 0 fully saturated rings. The number of nitrogens with zero attached hydrogens (tertiary/aromatic N) is 3. The molecule has 0 aliphatic heterocycles. The molecule has 122 valence electrons. The summed E-state index contributed by atoms with van der Waals surface area (Å²) in [5, 5.41) is 10.2. The summed E-state index contributed by atoms with van der Waals surface area (Å²) >= 11 is 0. The molecule has 4 N–H and O–H groups in total. The molecule has 7 heteroatoms. The first-order chi connectivity index (χ1) is 12.0. The summed E-state index contributed by atoms with van der Waals surface area (Å²) in [5.74, 6) is -1.58. The average Bonchev–Trinajstić information content (AvgIpc) is 2.60. The zero-order chi connectivity index (χ0) is 18.0. The summed E-state index contributed by atoms with van der Waals surface area (Å²) in [7, 11) is 0. The van der Waals surface area contributed by atoms with Crippen LogP contribution in [0, 0.1) is 17.1 Å². The zero-order valence-corrected chi connectivity index (χ0v) is 12.9. The Morgan fingerprint density at radius 2 is 1.84 bits per heavy atom. The van der Waals surface area contributed by atoms with Crippen LogP contribution in [0.5, 0.6) is 0 Å². The van der Waals surface area contributed by atoms with Crippen molar-refractivity contribution >= 4 is 22.6 Å². The Hall–Kier alpha value is -3.79. The third-order valence-corrected chi connectivity index (χ3v) is 3.66. The Balaban J connectivity index is 2.35. The van der Waals surface area contributed by atoms with E-state index in [0.29, 0.717) is 16.3 Å². The molecule has 0 aliphatic carbocycles. The molecule has 0 bridgehead atoms. The molecule has 0 spiro atoms. The summed E-state index contributed by atoms with van der Waals surface area (Å²) < 4.78 is 14.7. The molecule has 6 nitrogen and oxygen atoms in total. The monoisotopic (exact) mass is 333 g/mol. The maximum atomic E-state index is 14.7. The fraction of sp³-hybridized carbons (Fsp3) is 0. The van der Waals surface area contributed by atoms with Crippen LogP contribution in [0.2, 0.25) is 0 Å². The number of carbonyl (C=O) groups is 1. The molecule has 1 amide bonds. The smallest absolute Gasteiger partial charge is 0.280 e. The molecule has 2 aromatic carbocycles. The van der Waals surface area contributed by atoms with Crippen LogP contribution in [0.4, 0.5) is 4.39 Å². The van der Waals surface area contributed by atoms with Crippen molar-refractivity contribution in [3.05, 3.63) is 65.7 Å². The predicted molar refractivity (Wildman–Crippen MR) is 92.0 cm³/mol. The summed E-state index contributed by atoms with van der Waals surface area (Å²) in [5.41, 5.74) is 11.7. The molecular weight excluding hydrogens is 321 g/mol. The van der Waals surface area contributed by atoms with Crippen LogP contribution in [0.15, 0.2) is 53.8 Å². The van der Waals surface area contributed by atoms with E-state index < -0.39 is 11.7 Å². The van der Waals surface area contributed by atoms with Gasteiger partial charge in [-0.05, 0) is 41.3 Å². The second-order valence-corrected chi connectivity index (χ2v) is 5.23. The number of pyridine rings is 1. The molecule has 0 aliphatic rings. The van der Waals surface area contributed by atoms with Crippen molar-refractivity contribution in [1.82, 2.24) is 4.98 Å². The van der Waals surface area contributed by atoms with Crippen molar-refractivity contribution < 1.29 is 9.18 Å². The summed E-state index contributed by atoms with van der Waals surface area (Å²) in [6.07, 6.45) is 3.07. The SMILES string of the molecule is N#Cc1cc(F)c(-c2ccncc2)c2cc(C(=O)N=C(N)N)ccc12. The number of aromatic nitrogens is 1. The zero-order valence-electron chi connectivity index (χ0n) is 12.9. The number of carbonyl (C=O) groups excluding carboxylic acids is 1. The molecule has 0 atom stereocenters. The van der Waals surface area contributed by atoms with Crippen LogP contribution in [0.1, 0.15) is 15.9 Å². The van der Waals surface area contributed by atoms with Crippen molar-refractivity contribution in [2.75, 3.05) is 0 Å².